The molecule has 7 heteroatoms. The maximum Gasteiger partial charge on any atom is 0.306 e. The number of hydrogen-bond donors (Lipinski definition) is 0. The molecular formula is C24H33N3O4. The normalized spacial score (nSPS) is 14.6. The molecule has 1 fully saturated rings. The van der Waals surface area contributed by atoms with Gasteiger partial charge in [-0.1, -0.05) is 25.3 Å². The molecule has 0 bridgehead atoms. The summed E-state index contributed by atoms with van der Waals surface area (Å²) in [6.45, 7) is 5.29. The van der Waals surface area contributed by atoms with Gasteiger partial charge in [0.15, 0.2) is 6.61 Å². The Bertz CT molecular complexity index is 898. The molecule has 3 rings (SSSR count). The second-order valence-corrected chi connectivity index (χ2v) is 8.07. The van der Waals surface area contributed by atoms with Crippen LogP contribution in [0.2, 0.25) is 0 Å². The Labute approximate surface area is 184 Å². The van der Waals surface area contributed by atoms with Crippen LogP contribution < -0.4 is 4.74 Å². The van der Waals surface area contributed by atoms with Gasteiger partial charge in [0.1, 0.15) is 5.75 Å². The zero-order valence-corrected chi connectivity index (χ0v) is 18.9. The zero-order valence-electron chi connectivity index (χ0n) is 18.9. The highest BCUT2D eigenvalue weighted by molar-refractivity contribution is 5.80. The van der Waals surface area contributed by atoms with E-state index in [1.165, 1.54) is 6.42 Å². The van der Waals surface area contributed by atoms with Crippen molar-refractivity contribution in [2.75, 3.05) is 26.8 Å². The van der Waals surface area contributed by atoms with Gasteiger partial charge >= 0.3 is 5.97 Å². The summed E-state index contributed by atoms with van der Waals surface area (Å²) in [6.07, 6.45) is 6.35. The molecule has 1 aliphatic rings. The molecule has 0 saturated carbocycles. The summed E-state index contributed by atoms with van der Waals surface area (Å²) in [4.78, 5) is 26.5. The standard InChI is InChI=1S/C24H33N3O4/c1-18-22(19(2)27(25-18)20-10-9-11-21(16-20)30-3)12-13-24(29)31-17-23(28)26-14-7-5-4-6-8-15-26/h9-11,16H,4-8,12-15,17H2,1-3H3. The van der Waals surface area contributed by atoms with Crippen molar-refractivity contribution in [1.29, 1.82) is 0 Å². The monoisotopic (exact) mass is 427 g/mol. The van der Waals surface area contributed by atoms with Gasteiger partial charge in [-0.25, -0.2) is 4.68 Å². The molecule has 7 nitrogen and oxygen atoms in total. The second-order valence-electron chi connectivity index (χ2n) is 8.07. The van der Waals surface area contributed by atoms with E-state index in [1.807, 2.05) is 47.7 Å². The Morgan fingerprint density at radius 3 is 2.48 bits per heavy atom. The van der Waals surface area contributed by atoms with E-state index >= 15 is 0 Å². The van der Waals surface area contributed by atoms with Gasteiger partial charge in [-0.2, -0.15) is 5.10 Å². The van der Waals surface area contributed by atoms with Gasteiger partial charge in [-0.3, -0.25) is 9.59 Å². The molecule has 0 unspecified atom stereocenters. The van der Waals surface area contributed by atoms with E-state index in [2.05, 4.69) is 5.10 Å². The van der Waals surface area contributed by atoms with Crippen molar-refractivity contribution >= 4 is 11.9 Å². The van der Waals surface area contributed by atoms with E-state index in [0.29, 0.717) is 6.42 Å². The zero-order chi connectivity index (χ0) is 22.2. The number of hydrogen-bond acceptors (Lipinski definition) is 5. The van der Waals surface area contributed by atoms with E-state index < -0.39 is 0 Å². The average Bonchev–Trinajstić information content (AvgIpc) is 3.03. The number of amides is 1. The Morgan fingerprint density at radius 2 is 1.77 bits per heavy atom. The van der Waals surface area contributed by atoms with Crippen LogP contribution in [0, 0.1) is 13.8 Å². The van der Waals surface area contributed by atoms with Crippen molar-refractivity contribution in [3.05, 3.63) is 41.2 Å². The third kappa shape index (κ3) is 6.09. The van der Waals surface area contributed by atoms with Gasteiger partial charge in [0.25, 0.3) is 5.91 Å². The third-order valence-electron chi connectivity index (χ3n) is 5.88. The predicted octanol–water partition coefficient (Wildman–Crippen LogP) is 3.77. The maximum atomic E-state index is 12.4. The molecule has 168 valence electrons. The number of methoxy groups -OCH3 is 1. The van der Waals surface area contributed by atoms with Crippen molar-refractivity contribution in [1.82, 2.24) is 14.7 Å². The number of carbonyl (C=O) groups excluding carboxylic acids is 2. The van der Waals surface area contributed by atoms with Crippen LogP contribution in [0.5, 0.6) is 5.75 Å². The molecule has 31 heavy (non-hydrogen) atoms. The lowest BCUT2D eigenvalue weighted by molar-refractivity contribution is -0.152. The number of carbonyl (C=O) groups is 2. The number of rotatable bonds is 7. The Kier molecular flexibility index (Phi) is 8.09. The first kappa shape index (κ1) is 22.8. The van der Waals surface area contributed by atoms with Crippen molar-refractivity contribution < 1.29 is 19.1 Å². The molecule has 0 atom stereocenters. The highest BCUT2D eigenvalue weighted by Crippen LogP contribution is 2.22. The summed E-state index contributed by atoms with van der Waals surface area (Å²) in [7, 11) is 1.64. The number of aryl methyl sites for hydroxylation is 1. The number of aromatic nitrogens is 2. The highest BCUT2D eigenvalue weighted by Gasteiger charge is 2.18. The molecular weight excluding hydrogens is 394 g/mol. The van der Waals surface area contributed by atoms with Gasteiger partial charge in [0.2, 0.25) is 0 Å². The fourth-order valence-corrected chi connectivity index (χ4v) is 4.06. The summed E-state index contributed by atoms with van der Waals surface area (Å²) in [5.41, 5.74) is 3.79. The van der Waals surface area contributed by atoms with Crippen molar-refractivity contribution in [2.24, 2.45) is 0 Å². The van der Waals surface area contributed by atoms with Crippen molar-refractivity contribution in [3.8, 4) is 11.4 Å². The van der Waals surface area contributed by atoms with Gasteiger partial charge in [-0.15, -0.1) is 0 Å². The van der Waals surface area contributed by atoms with Gasteiger partial charge in [-0.05, 0) is 50.8 Å². The topological polar surface area (TPSA) is 73.7 Å². The van der Waals surface area contributed by atoms with Crippen LogP contribution in [0.4, 0.5) is 0 Å². The van der Waals surface area contributed by atoms with E-state index in [9.17, 15) is 9.59 Å². The quantitative estimate of drug-likeness (QED) is 0.629. The van der Waals surface area contributed by atoms with Crippen LogP contribution >= 0.6 is 0 Å². The average molecular weight is 428 g/mol. The van der Waals surface area contributed by atoms with Crippen LogP contribution in [-0.4, -0.2) is 53.4 Å². The van der Waals surface area contributed by atoms with E-state index in [-0.39, 0.29) is 24.9 Å². The molecule has 2 heterocycles. The number of benzene rings is 1. The minimum absolute atomic E-state index is 0.0894. The molecule has 0 spiro atoms. The highest BCUT2D eigenvalue weighted by atomic mass is 16.5. The first-order chi connectivity index (χ1) is 15.0. The lowest BCUT2D eigenvalue weighted by atomic mass is 10.1. The minimum atomic E-state index is -0.353. The largest absolute Gasteiger partial charge is 0.497 e. The number of esters is 1. The molecule has 1 amide bonds. The number of nitrogens with zero attached hydrogens (tertiary/aromatic N) is 3. The predicted molar refractivity (Wildman–Crippen MR) is 119 cm³/mol. The van der Waals surface area contributed by atoms with Gasteiger partial charge in [0, 0.05) is 31.3 Å². The smallest absolute Gasteiger partial charge is 0.306 e. The summed E-state index contributed by atoms with van der Waals surface area (Å²) < 4.78 is 12.4. The molecule has 1 aromatic carbocycles. The van der Waals surface area contributed by atoms with Gasteiger partial charge < -0.3 is 14.4 Å². The fraction of sp³-hybridized carbons (Fsp3) is 0.542. The van der Waals surface area contributed by atoms with Crippen LogP contribution in [0.1, 0.15) is 55.5 Å². The summed E-state index contributed by atoms with van der Waals surface area (Å²) >= 11 is 0. The second kappa shape index (κ2) is 11.0. The summed E-state index contributed by atoms with van der Waals surface area (Å²) in [5.74, 6) is 0.321. The van der Waals surface area contributed by atoms with Crippen LogP contribution in [0.25, 0.3) is 5.69 Å². The Morgan fingerprint density at radius 1 is 1.06 bits per heavy atom. The lowest BCUT2D eigenvalue weighted by Crippen LogP contribution is -2.36. The van der Waals surface area contributed by atoms with Crippen LogP contribution in [-0.2, 0) is 20.7 Å². The molecule has 1 aromatic heterocycles. The first-order valence-corrected chi connectivity index (χ1v) is 11.1. The molecule has 1 saturated heterocycles. The Balaban J connectivity index is 1.54. The van der Waals surface area contributed by atoms with Gasteiger partial charge in [0.05, 0.1) is 18.5 Å². The van der Waals surface area contributed by atoms with Crippen LogP contribution in [0.15, 0.2) is 24.3 Å². The number of likely N-dealkylation sites (tertiary alicyclic amines) is 1. The Hall–Kier alpha value is -2.83. The van der Waals surface area contributed by atoms with E-state index in [0.717, 1.165) is 67.2 Å². The lowest BCUT2D eigenvalue weighted by Gasteiger charge is -2.24. The summed E-state index contributed by atoms with van der Waals surface area (Å²) in [5, 5.41) is 4.63. The molecule has 0 radical (unpaired) electrons. The molecule has 0 N–H and O–H groups in total. The number of ether oxygens (including phenoxy) is 2. The summed E-state index contributed by atoms with van der Waals surface area (Å²) in [6, 6.07) is 7.70. The molecule has 0 aliphatic carbocycles. The third-order valence-corrected chi connectivity index (χ3v) is 5.88. The van der Waals surface area contributed by atoms with Crippen molar-refractivity contribution in [2.45, 2.75) is 58.8 Å². The molecule has 1 aliphatic heterocycles. The maximum absolute atomic E-state index is 12.4. The fourth-order valence-electron chi connectivity index (χ4n) is 4.06. The first-order valence-electron chi connectivity index (χ1n) is 11.1. The minimum Gasteiger partial charge on any atom is -0.497 e. The van der Waals surface area contributed by atoms with Crippen molar-refractivity contribution in [3.63, 3.8) is 0 Å². The molecule has 2 aromatic rings. The van der Waals surface area contributed by atoms with E-state index in [1.54, 1.807) is 7.11 Å². The van der Waals surface area contributed by atoms with Crippen LogP contribution in [0.3, 0.4) is 0 Å². The SMILES string of the molecule is COc1cccc(-n2nc(C)c(CCC(=O)OCC(=O)N3CCCCCCC3)c2C)c1. The van der Waals surface area contributed by atoms with E-state index in [4.69, 9.17) is 9.47 Å².